The fourth-order valence-electron chi connectivity index (χ4n) is 3.90. The van der Waals surface area contributed by atoms with Crippen LogP contribution in [0, 0.1) is 5.92 Å². The zero-order chi connectivity index (χ0) is 17.7. The zero-order valence-electron chi connectivity index (χ0n) is 17.7. The highest BCUT2D eigenvalue weighted by molar-refractivity contribution is 4.62. The van der Waals surface area contributed by atoms with Gasteiger partial charge in [0.15, 0.2) is 0 Å². The normalized spacial score (nSPS) is 11.5. The van der Waals surface area contributed by atoms with Gasteiger partial charge in [-0.25, -0.2) is 0 Å². The molecule has 0 heterocycles. The predicted octanol–water partition coefficient (Wildman–Crippen LogP) is 9.46. The molecule has 0 saturated carbocycles. The average Bonchev–Trinajstić information content (AvgIpc) is 2.60. The van der Waals surface area contributed by atoms with Crippen LogP contribution in [0.4, 0.5) is 0 Å². The van der Waals surface area contributed by atoms with Crippen LogP contribution in [0.25, 0.3) is 0 Å². The first-order valence-corrected chi connectivity index (χ1v) is 11.8. The van der Waals surface area contributed by atoms with Crippen LogP contribution < -0.4 is 0 Å². The summed E-state index contributed by atoms with van der Waals surface area (Å²) >= 11 is 0. The van der Waals surface area contributed by atoms with Gasteiger partial charge in [0, 0.05) is 0 Å². The molecule has 0 rings (SSSR count). The summed E-state index contributed by atoms with van der Waals surface area (Å²) in [6.45, 7) is 6.95. The molecule has 0 unspecified atom stereocenters. The summed E-state index contributed by atoms with van der Waals surface area (Å²) in [4.78, 5) is 0. The van der Waals surface area contributed by atoms with Gasteiger partial charge in [0.05, 0.1) is 0 Å². The second kappa shape index (κ2) is 21.0. The second-order valence-electron chi connectivity index (χ2n) is 8.18. The SMILES string of the molecule is CCCCCCCCCCCC(CCCCCC)CCCCCC. The van der Waals surface area contributed by atoms with Crippen molar-refractivity contribution in [3.8, 4) is 0 Å². The minimum atomic E-state index is 1.04. The van der Waals surface area contributed by atoms with E-state index in [4.69, 9.17) is 0 Å². The maximum Gasteiger partial charge on any atom is -0.0414 e. The molecule has 0 amide bonds. The van der Waals surface area contributed by atoms with Gasteiger partial charge in [-0.1, -0.05) is 149 Å². The van der Waals surface area contributed by atoms with Crippen LogP contribution in [0.15, 0.2) is 0 Å². The highest BCUT2D eigenvalue weighted by Crippen LogP contribution is 2.24. The van der Waals surface area contributed by atoms with Crippen molar-refractivity contribution in [2.75, 3.05) is 0 Å². The Balaban J connectivity index is 3.62. The molecule has 0 saturated heterocycles. The Morgan fingerprint density at radius 3 is 0.917 bits per heavy atom. The number of rotatable bonds is 20. The van der Waals surface area contributed by atoms with Gasteiger partial charge in [0.25, 0.3) is 0 Å². The highest BCUT2D eigenvalue weighted by atomic mass is 14.1. The molecule has 0 aromatic carbocycles. The minimum Gasteiger partial charge on any atom is -0.0654 e. The summed E-state index contributed by atoms with van der Waals surface area (Å²) in [6.07, 6.45) is 29.3. The molecule has 0 spiro atoms. The summed E-state index contributed by atoms with van der Waals surface area (Å²) < 4.78 is 0. The quantitative estimate of drug-likeness (QED) is 0.194. The molecule has 0 radical (unpaired) electrons. The zero-order valence-corrected chi connectivity index (χ0v) is 17.7. The van der Waals surface area contributed by atoms with E-state index in [0.717, 1.165) is 5.92 Å². The van der Waals surface area contributed by atoms with Crippen molar-refractivity contribution in [1.29, 1.82) is 0 Å². The lowest BCUT2D eigenvalue weighted by molar-refractivity contribution is 0.367. The Kier molecular flexibility index (Phi) is 21.0. The minimum absolute atomic E-state index is 1.04. The van der Waals surface area contributed by atoms with E-state index >= 15 is 0 Å². The first-order chi connectivity index (χ1) is 11.8. The molecule has 24 heavy (non-hydrogen) atoms. The number of hydrogen-bond donors (Lipinski definition) is 0. The third kappa shape index (κ3) is 18.3. The van der Waals surface area contributed by atoms with Crippen molar-refractivity contribution in [3.05, 3.63) is 0 Å². The Labute approximate surface area is 155 Å². The second-order valence-corrected chi connectivity index (χ2v) is 8.18. The molecular weight excluding hydrogens is 288 g/mol. The topological polar surface area (TPSA) is 0 Å². The van der Waals surface area contributed by atoms with Crippen LogP contribution in [-0.4, -0.2) is 0 Å². The van der Waals surface area contributed by atoms with Gasteiger partial charge >= 0.3 is 0 Å². The lowest BCUT2D eigenvalue weighted by atomic mass is 9.89. The average molecular weight is 339 g/mol. The van der Waals surface area contributed by atoms with E-state index in [0.29, 0.717) is 0 Å². The molecule has 0 aliphatic rings. The van der Waals surface area contributed by atoms with Crippen LogP contribution in [0.2, 0.25) is 0 Å². The smallest absolute Gasteiger partial charge is 0.0414 e. The lowest BCUT2D eigenvalue weighted by Gasteiger charge is -2.17. The Morgan fingerprint density at radius 2 is 0.583 bits per heavy atom. The third-order valence-corrected chi connectivity index (χ3v) is 5.65. The van der Waals surface area contributed by atoms with Crippen molar-refractivity contribution < 1.29 is 0 Å². The van der Waals surface area contributed by atoms with Crippen molar-refractivity contribution >= 4 is 0 Å². The standard InChI is InChI=1S/C24H50/c1-4-7-10-13-14-15-16-17-20-23-24(21-18-11-8-5-2)22-19-12-9-6-3/h24H,4-23H2,1-3H3. The third-order valence-electron chi connectivity index (χ3n) is 5.65. The van der Waals surface area contributed by atoms with E-state index in [-0.39, 0.29) is 0 Å². The summed E-state index contributed by atoms with van der Waals surface area (Å²) in [5.41, 5.74) is 0. The van der Waals surface area contributed by atoms with E-state index in [1.54, 1.807) is 0 Å². The molecule has 0 heteroatoms. The first-order valence-electron chi connectivity index (χ1n) is 11.8. The summed E-state index contributed by atoms with van der Waals surface area (Å²) in [7, 11) is 0. The van der Waals surface area contributed by atoms with Crippen LogP contribution >= 0.6 is 0 Å². The van der Waals surface area contributed by atoms with E-state index in [1.165, 1.54) is 128 Å². The molecule has 0 bridgehead atoms. The van der Waals surface area contributed by atoms with Gasteiger partial charge in [0.1, 0.15) is 0 Å². The number of hydrogen-bond acceptors (Lipinski definition) is 0. The largest absolute Gasteiger partial charge is 0.0654 e. The van der Waals surface area contributed by atoms with Crippen molar-refractivity contribution in [1.82, 2.24) is 0 Å². The Hall–Kier alpha value is 0. The molecule has 0 fully saturated rings. The van der Waals surface area contributed by atoms with Gasteiger partial charge in [0.2, 0.25) is 0 Å². The summed E-state index contributed by atoms with van der Waals surface area (Å²) in [5, 5.41) is 0. The highest BCUT2D eigenvalue weighted by Gasteiger charge is 2.08. The van der Waals surface area contributed by atoms with Crippen molar-refractivity contribution in [3.63, 3.8) is 0 Å². The molecule has 0 nitrogen and oxygen atoms in total. The van der Waals surface area contributed by atoms with E-state index < -0.39 is 0 Å². The molecule has 0 atom stereocenters. The monoisotopic (exact) mass is 338 g/mol. The summed E-state index contributed by atoms with van der Waals surface area (Å²) in [5.74, 6) is 1.04. The van der Waals surface area contributed by atoms with Crippen molar-refractivity contribution in [2.45, 2.75) is 149 Å². The van der Waals surface area contributed by atoms with Gasteiger partial charge in [-0.15, -0.1) is 0 Å². The Bertz CT molecular complexity index is 196. The molecule has 0 N–H and O–H groups in total. The van der Waals surface area contributed by atoms with Gasteiger partial charge in [-0.05, 0) is 5.92 Å². The fraction of sp³-hybridized carbons (Fsp3) is 1.00. The van der Waals surface area contributed by atoms with Gasteiger partial charge in [-0.3, -0.25) is 0 Å². The molecule has 146 valence electrons. The van der Waals surface area contributed by atoms with Crippen LogP contribution in [0.1, 0.15) is 149 Å². The van der Waals surface area contributed by atoms with E-state index in [1.807, 2.05) is 0 Å². The molecule has 0 aromatic heterocycles. The molecule has 0 aromatic rings. The van der Waals surface area contributed by atoms with E-state index in [2.05, 4.69) is 20.8 Å². The Morgan fingerprint density at radius 1 is 0.333 bits per heavy atom. The maximum absolute atomic E-state index is 2.32. The predicted molar refractivity (Wildman–Crippen MR) is 113 cm³/mol. The maximum atomic E-state index is 2.32. The fourth-order valence-corrected chi connectivity index (χ4v) is 3.90. The van der Waals surface area contributed by atoms with Crippen molar-refractivity contribution in [2.24, 2.45) is 5.92 Å². The van der Waals surface area contributed by atoms with Crippen LogP contribution in [0.3, 0.4) is 0 Å². The van der Waals surface area contributed by atoms with E-state index in [9.17, 15) is 0 Å². The first kappa shape index (κ1) is 24.0. The summed E-state index contributed by atoms with van der Waals surface area (Å²) in [6, 6.07) is 0. The molecular formula is C24H50. The van der Waals surface area contributed by atoms with Gasteiger partial charge < -0.3 is 0 Å². The lowest BCUT2D eigenvalue weighted by Crippen LogP contribution is -2.01. The van der Waals surface area contributed by atoms with Crippen LogP contribution in [-0.2, 0) is 0 Å². The van der Waals surface area contributed by atoms with Gasteiger partial charge in [-0.2, -0.15) is 0 Å². The molecule has 0 aliphatic heterocycles. The number of unbranched alkanes of at least 4 members (excludes halogenated alkanes) is 14. The van der Waals surface area contributed by atoms with Crippen LogP contribution in [0.5, 0.6) is 0 Å². The molecule has 0 aliphatic carbocycles.